The predicted octanol–water partition coefficient (Wildman–Crippen LogP) is 2.96. The molecule has 122 valence electrons. The summed E-state index contributed by atoms with van der Waals surface area (Å²) in [6, 6.07) is 0. The minimum Gasteiger partial charge on any atom is -0.310 e. The highest BCUT2D eigenvalue weighted by molar-refractivity contribution is 7.15. The Bertz CT molecular complexity index is 631. The van der Waals surface area contributed by atoms with E-state index < -0.39 is 0 Å². The van der Waals surface area contributed by atoms with Gasteiger partial charge >= 0.3 is 0 Å². The minimum absolute atomic E-state index is 0.0227. The first-order valence-corrected chi connectivity index (χ1v) is 9.49. The highest BCUT2D eigenvalue weighted by Crippen LogP contribution is 2.40. The van der Waals surface area contributed by atoms with Gasteiger partial charge in [-0.05, 0) is 31.1 Å². The third-order valence-electron chi connectivity index (χ3n) is 5.65. The van der Waals surface area contributed by atoms with Gasteiger partial charge in [0, 0.05) is 30.7 Å². The summed E-state index contributed by atoms with van der Waals surface area (Å²) < 4.78 is 0. The minimum atomic E-state index is -0.0227. The standard InChI is InChI=1S/C17H22N4OS/c18-11-20-7-6-13-9-21(16(22)14(13)10-20)17-19-8-15(23-17)12-4-2-1-3-5-12/h8,12-14H,1-7,9-10H2/t13?,14-/m1/s1. The summed E-state index contributed by atoms with van der Waals surface area (Å²) in [5.74, 6) is 1.17. The first-order valence-electron chi connectivity index (χ1n) is 8.68. The Morgan fingerprint density at radius 3 is 2.83 bits per heavy atom. The summed E-state index contributed by atoms with van der Waals surface area (Å²) in [5.41, 5.74) is 0. The van der Waals surface area contributed by atoms with E-state index in [4.69, 9.17) is 5.26 Å². The number of anilines is 1. The van der Waals surface area contributed by atoms with E-state index in [1.54, 1.807) is 16.2 Å². The Morgan fingerprint density at radius 2 is 2.04 bits per heavy atom. The normalized spacial score (nSPS) is 28.7. The lowest BCUT2D eigenvalue weighted by Crippen LogP contribution is -2.39. The second kappa shape index (κ2) is 6.12. The Balaban J connectivity index is 1.49. The number of piperidine rings is 1. The molecule has 1 aromatic heterocycles. The van der Waals surface area contributed by atoms with Crippen molar-refractivity contribution in [2.45, 2.75) is 44.4 Å². The summed E-state index contributed by atoms with van der Waals surface area (Å²) in [6.45, 7) is 2.14. The monoisotopic (exact) mass is 330 g/mol. The van der Waals surface area contributed by atoms with Crippen molar-refractivity contribution in [2.24, 2.45) is 11.8 Å². The smallest absolute Gasteiger partial charge is 0.234 e. The summed E-state index contributed by atoms with van der Waals surface area (Å²) in [5, 5.41) is 9.94. The third-order valence-corrected chi connectivity index (χ3v) is 6.83. The van der Waals surface area contributed by atoms with Crippen LogP contribution in [0.25, 0.3) is 0 Å². The molecule has 2 aliphatic heterocycles. The molecule has 3 aliphatic rings. The second-order valence-corrected chi connectivity index (χ2v) is 8.07. The van der Waals surface area contributed by atoms with Crippen molar-refractivity contribution in [3.8, 4) is 6.19 Å². The van der Waals surface area contributed by atoms with E-state index in [9.17, 15) is 4.79 Å². The van der Waals surface area contributed by atoms with Gasteiger partial charge < -0.3 is 4.90 Å². The zero-order chi connectivity index (χ0) is 15.8. The number of nitrogens with zero attached hydrogens (tertiary/aromatic N) is 4. The Labute approximate surface area is 140 Å². The maximum atomic E-state index is 12.7. The summed E-state index contributed by atoms with van der Waals surface area (Å²) in [4.78, 5) is 22.3. The first-order chi connectivity index (χ1) is 11.3. The van der Waals surface area contributed by atoms with Gasteiger partial charge in [-0.3, -0.25) is 9.69 Å². The molecular formula is C17H22N4OS. The lowest BCUT2D eigenvalue weighted by atomic mass is 9.88. The molecule has 23 heavy (non-hydrogen) atoms. The number of nitriles is 1. The van der Waals surface area contributed by atoms with E-state index in [1.165, 1.54) is 37.0 Å². The van der Waals surface area contributed by atoms with Crippen molar-refractivity contribution in [1.82, 2.24) is 9.88 Å². The van der Waals surface area contributed by atoms with Crippen LogP contribution in [-0.4, -0.2) is 35.4 Å². The molecule has 4 rings (SSSR count). The van der Waals surface area contributed by atoms with Crippen molar-refractivity contribution in [1.29, 1.82) is 5.26 Å². The van der Waals surface area contributed by atoms with Crippen molar-refractivity contribution >= 4 is 22.4 Å². The lowest BCUT2D eigenvalue weighted by Gasteiger charge is -2.28. The van der Waals surface area contributed by atoms with Crippen LogP contribution >= 0.6 is 11.3 Å². The maximum Gasteiger partial charge on any atom is 0.234 e. The van der Waals surface area contributed by atoms with Gasteiger partial charge in [0.25, 0.3) is 0 Å². The number of fused-ring (bicyclic) bond motifs is 1. The topological polar surface area (TPSA) is 60.2 Å². The van der Waals surface area contributed by atoms with Crippen LogP contribution in [0.4, 0.5) is 5.13 Å². The van der Waals surface area contributed by atoms with Crippen LogP contribution in [0.5, 0.6) is 0 Å². The lowest BCUT2D eigenvalue weighted by molar-refractivity contribution is -0.122. The van der Waals surface area contributed by atoms with E-state index in [0.29, 0.717) is 18.4 Å². The highest BCUT2D eigenvalue weighted by atomic mass is 32.1. The molecule has 2 atom stereocenters. The fourth-order valence-corrected chi connectivity index (χ4v) is 5.36. The van der Waals surface area contributed by atoms with Gasteiger partial charge in [0.15, 0.2) is 11.3 Å². The van der Waals surface area contributed by atoms with Crippen LogP contribution < -0.4 is 4.90 Å². The molecule has 1 saturated carbocycles. The van der Waals surface area contributed by atoms with Crippen LogP contribution in [0, 0.1) is 23.3 Å². The van der Waals surface area contributed by atoms with E-state index in [1.807, 2.05) is 11.1 Å². The molecule has 5 nitrogen and oxygen atoms in total. The molecule has 0 bridgehead atoms. The number of hydrogen-bond acceptors (Lipinski definition) is 5. The third kappa shape index (κ3) is 2.72. The fraction of sp³-hybridized carbons (Fsp3) is 0.706. The van der Waals surface area contributed by atoms with Gasteiger partial charge in [0.05, 0.1) is 5.92 Å². The summed E-state index contributed by atoms with van der Waals surface area (Å²) >= 11 is 1.71. The van der Waals surface area contributed by atoms with Gasteiger partial charge in [0.2, 0.25) is 5.91 Å². The molecule has 0 aromatic carbocycles. The SMILES string of the molecule is N#CN1CCC2CN(c3ncc(C4CCCCC4)s3)C(=O)[C@@H]2C1. The van der Waals surface area contributed by atoms with Gasteiger partial charge in [-0.15, -0.1) is 11.3 Å². The number of hydrogen-bond donors (Lipinski definition) is 0. The van der Waals surface area contributed by atoms with Crippen molar-refractivity contribution in [2.75, 3.05) is 24.5 Å². The molecule has 1 amide bonds. The average Bonchev–Trinajstić information content (AvgIpc) is 3.20. The largest absolute Gasteiger partial charge is 0.310 e. The number of thiazole rings is 1. The fourth-order valence-electron chi connectivity index (χ4n) is 4.26. The van der Waals surface area contributed by atoms with E-state index in [0.717, 1.165) is 24.6 Å². The van der Waals surface area contributed by atoms with E-state index >= 15 is 0 Å². The van der Waals surface area contributed by atoms with E-state index in [2.05, 4.69) is 11.2 Å². The Morgan fingerprint density at radius 1 is 1.22 bits per heavy atom. The zero-order valence-electron chi connectivity index (χ0n) is 13.3. The number of rotatable bonds is 2. The molecule has 1 unspecified atom stereocenters. The average molecular weight is 330 g/mol. The van der Waals surface area contributed by atoms with Crippen LogP contribution in [0.1, 0.15) is 49.3 Å². The van der Waals surface area contributed by atoms with Gasteiger partial charge in [-0.1, -0.05) is 19.3 Å². The van der Waals surface area contributed by atoms with Gasteiger partial charge in [-0.2, -0.15) is 5.26 Å². The van der Waals surface area contributed by atoms with Gasteiger partial charge in [0.1, 0.15) is 0 Å². The molecule has 6 heteroatoms. The molecule has 1 aliphatic carbocycles. The number of carbonyl (C=O) groups excluding carboxylic acids is 1. The quantitative estimate of drug-likeness (QED) is 0.782. The Kier molecular flexibility index (Phi) is 3.98. The highest BCUT2D eigenvalue weighted by Gasteiger charge is 2.44. The van der Waals surface area contributed by atoms with Crippen LogP contribution in [0.3, 0.4) is 0 Å². The van der Waals surface area contributed by atoms with Crippen LogP contribution in [0.2, 0.25) is 0 Å². The van der Waals surface area contributed by atoms with Crippen LogP contribution in [-0.2, 0) is 4.79 Å². The van der Waals surface area contributed by atoms with Gasteiger partial charge in [-0.25, -0.2) is 4.98 Å². The van der Waals surface area contributed by atoms with Crippen LogP contribution in [0.15, 0.2) is 6.20 Å². The molecule has 0 radical (unpaired) electrons. The summed E-state index contributed by atoms with van der Waals surface area (Å²) in [7, 11) is 0. The number of carbonyl (C=O) groups is 1. The first kappa shape index (κ1) is 14.9. The Hall–Kier alpha value is -1.61. The van der Waals surface area contributed by atoms with Crippen molar-refractivity contribution in [3.05, 3.63) is 11.1 Å². The molecular weight excluding hydrogens is 308 g/mol. The molecule has 0 N–H and O–H groups in total. The predicted molar refractivity (Wildman–Crippen MR) is 89.1 cm³/mol. The molecule has 1 aromatic rings. The molecule has 3 heterocycles. The summed E-state index contributed by atoms with van der Waals surface area (Å²) in [6.07, 6.45) is 11.6. The number of likely N-dealkylation sites (tertiary alicyclic amines) is 1. The molecule has 2 saturated heterocycles. The number of amides is 1. The molecule has 0 spiro atoms. The van der Waals surface area contributed by atoms with Crippen molar-refractivity contribution in [3.63, 3.8) is 0 Å². The second-order valence-electron chi connectivity index (χ2n) is 7.03. The zero-order valence-corrected chi connectivity index (χ0v) is 14.1. The maximum absolute atomic E-state index is 12.7. The number of aromatic nitrogens is 1. The van der Waals surface area contributed by atoms with E-state index in [-0.39, 0.29) is 11.8 Å². The molecule has 3 fully saturated rings. The van der Waals surface area contributed by atoms with Crippen molar-refractivity contribution < 1.29 is 4.79 Å².